The van der Waals surface area contributed by atoms with Gasteiger partial charge in [0.15, 0.2) is 5.82 Å². The van der Waals surface area contributed by atoms with Gasteiger partial charge in [-0.25, -0.2) is 24.2 Å². The van der Waals surface area contributed by atoms with E-state index in [9.17, 15) is 9.18 Å². The number of carboxylic acids is 1. The van der Waals surface area contributed by atoms with Crippen LogP contribution in [0.1, 0.15) is 10.4 Å². The van der Waals surface area contributed by atoms with Crippen molar-refractivity contribution in [2.75, 3.05) is 39.3 Å². The molecule has 1 fully saturated rings. The van der Waals surface area contributed by atoms with E-state index in [2.05, 4.69) is 14.9 Å². The lowest BCUT2D eigenvalue weighted by Crippen LogP contribution is -2.49. The number of nitrogens with zero attached hydrogens (tertiary/aromatic N) is 4. The van der Waals surface area contributed by atoms with Gasteiger partial charge in [-0.1, -0.05) is 12.1 Å². The van der Waals surface area contributed by atoms with E-state index >= 15 is 0 Å². The number of hydrogen-bond acceptors (Lipinski definition) is 7. The zero-order chi connectivity index (χ0) is 18.9. The molecule has 1 saturated heterocycles. The maximum Gasteiger partial charge on any atom is 0.338 e. The van der Waals surface area contributed by atoms with Gasteiger partial charge in [0.1, 0.15) is 5.82 Å². The second-order valence-electron chi connectivity index (χ2n) is 5.71. The number of aromatic nitrogens is 2. The van der Waals surface area contributed by atoms with E-state index in [4.69, 9.17) is 16.1 Å². The minimum atomic E-state index is -1.09. The molecule has 0 saturated carbocycles. The maximum absolute atomic E-state index is 12.9. The summed E-state index contributed by atoms with van der Waals surface area (Å²) < 4.78 is 12.9. The Morgan fingerprint density at radius 2 is 1.85 bits per heavy atom. The largest absolute Gasteiger partial charge is 0.478 e. The summed E-state index contributed by atoms with van der Waals surface area (Å²) in [5.41, 5.74) is 0.511. The highest BCUT2D eigenvalue weighted by atomic mass is 19.1. The molecule has 1 aromatic carbocycles. The number of rotatable bonds is 4. The topological polar surface area (TPSA) is 116 Å². The first-order valence-electron chi connectivity index (χ1n) is 8.13. The molecule has 0 bridgehead atoms. The zero-order valence-corrected chi connectivity index (χ0v) is 14.3. The zero-order valence-electron chi connectivity index (χ0n) is 14.3. The molecule has 0 spiro atoms. The molecule has 1 aromatic heterocycles. The summed E-state index contributed by atoms with van der Waals surface area (Å²) in [7, 11) is 0. The van der Waals surface area contributed by atoms with E-state index in [1.54, 1.807) is 12.1 Å². The molecule has 9 heteroatoms. The Morgan fingerprint density at radius 1 is 1.19 bits per heavy atom. The number of hydrogen-bond donors (Lipinski definition) is 3. The summed E-state index contributed by atoms with van der Waals surface area (Å²) >= 11 is 0. The lowest BCUT2D eigenvalue weighted by molar-refractivity contribution is 0.0696. The van der Waals surface area contributed by atoms with Crippen LogP contribution in [0.5, 0.6) is 0 Å². The molecular weight excluding hydrogens is 341 g/mol. The number of aliphatic hydroxyl groups excluding tert-OH is 1. The van der Waals surface area contributed by atoms with E-state index in [1.807, 2.05) is 5.01 Å². The van der Waals surface area contributed by atoms with Crippen molar-refractivity contribution in [2.24, 2.45) is 5.84 Å². The van der Waals surface area contributed by atoms with E-state index < -0.39 is 5.97 Å². The first-order chi connectivity index (χ1) is 12.5. The van der Waals surface area contributed by atoms with Crippen molar-refractivity contribution < 1.29 is 19.4 Å². The number of hydrazine groups is 1. The first-order valence-corrected chi connectivity index (χ1v) is 8.13. The Kier molecular flexibility index (Phi) is 7.54. The van der Waals surface area contributed by atoms with Gasteiger partial charge in [-0.15, -0.1) is 0 Å². The number of carbonyl (C=O) groups is 1. The van der Waals surface area contributed by atoms with Crippen molar-refractivity contribution in [3.63, 3.8) is 0 Å². The third-order valence-electron chi connectivity index (χ3n) is 3.80. The number of piperazine rings is 1. The van der Waals surface area contributed by atoms with Crippen LogP contribution in [-0.2, 0) is 0 Å². The molecule has 4 N–H and O–H groups in total. The number of aliphatic hydroxyl groups is 1. The molecule has 1 aliphatic rings. The minimum absolute atomic E-state index is 0.000142. The van der Waals surface area contributed by atoms with Gasteiger partial charge in [0.2, 0.25) is 0 Å². The van der Waals surface area contributed by atoms with E-state index in [0.717, 1.165) is 32.7 Å². The van der Waals surface area contributed by atoms with Crippen molar-refractivity contribution in [3.05, 3.63) is 48.0 Å². The van der Waals surface area contributed by atoms with E-state index in [-0.39, 0.29) is 18.0 Å². The number of halogens is 1. The van der Waals surface area contributed by atoms with Crippen LogP contribution in [0, 0.1) is 5.82 Å². The molecule has 8 nitrogen and oxygen atoms in total. The Hall–Kier alpha value is -2.46. The Balaban J connectivity index is 0.000000209. The van der Waals surface area contributed by atoms with Gasteiger partial charge in [-0.05, 0) is 12.1 Å². The maximum atomic E-state index is 12.9. The molecule has 0 atom stereocenters. The van der Waals surface area contributed by atoms with Gasteiger partial charge < -0.3 is 10.2 Å². The second kappa shape index (κ2) is 9.88. The summed E-state index contributed by atoms with van der Waals surface area (Å²) in [5, 5.41) is 19.1. The highest BCUT2D eigenvalue weighted by Gasteiger charge is 2.12. The molecule has 1 aliphatic heterocycles. The Morgan fingerprint density at radius 3 is 2.38 bits per heavy atom. The van der Waals surface area contributed by atoms with Gasteiger partial charge in [0.05, 0.1) is 12.2 Å². The molecule has 0 radical (unpaired) electrons. The number of aromatic carboxylic acids is 1. The number of nitrogens with two attached hydrogens (primary N) is 1. The van der Waals surface area contributed by atoms with Gasteiger partial charge in [0, 0.05) is 50.7 Å². The molecule has 2 heterocycles. The Bertz CT molecular complexity index is 706. The first kappa shape index (κ1) is 19.9. The monoisotopic (exact) mass is 363 g/mol. The molecule has 2 aromatic rings. The standard InChI is InChI=1S/C11H7FN2O2.C6H15N3O/c12-9-3-1-2-7(4-9)10-13-5-8(6-14-10)11(15)16;7-9-3-1-8(2-4-9)5-6-10/h1-6H,(H,15,16);10H,1-7H2. The summed E-state index contributed by atoms with van der Waals surface area (Å²) in [6.07, 6.45) is 2.38. The molecule has 26 heavy (non-hydrogen) atoms. The van der Waals surface area contributed by atoms with Crippen molar-refractivity contribution in [3.8, 4) is 11.4 Å². The van der Waals surface area contributed by atoms with Crippen molar-refractivity contribution >= 4 is 5.97 Å². The molecule has 0 amide bonds. The fourth-order valence-electron chi connectivity index (χ4n) is 2.34. The predicted molar refractivity (Wildman–Crippen MR) is 93.7 cm³/mol. The third kappa shape index (κ3) is 6.12. The van der Waals surface area contributed by atoms with Gasteiger partial charge >= 0.3 is 5.97 Å². The fraction of sp³-hybridized carbons (Fsp3) is 0.353. The molecule has 0 aliphatic carbocycles. The third-order valence-corrected chi connectivity index (χ3v) is 3.80. The number of carboxylic acid groups (broad SMARTS) is 1. The number of β-amino-alcohol motifs (C(OH)–C–C–N with tert-alkyl or cyclic N) is 1. The highest BCUT2D eigenvalue weighted by molar-refractivity contribution is 5.86. The highest BCUT2D eigenvalue weighted by Crippen LogP contribution is 2.15. The smallest absolute Gasteiger partial charge is 0.338 e. The van der Waals surface area contributed by atoms with Crippen LogP contribution in [0.3, 0.4) is 0 Å². The summed E-state index contributed by atoms with van der Waals surface area (Å²) in [6, 6.07) is 5.79. The average Bonchev–Trinajstić information content (AvgIpc) is 2.64. The van der Waals surface area contributed by atoms with Crippen LogP contribution >= 0.6 is 0 Å². The second-order valence-corrected chi connectivity index (χ2v) is 5.71. The molecule has 0 unspecified atom stereocenters. The van der Waals surface area contributed by atoms with Crippen molar-refractivity contribution in [1.82, 2.24) is 19.9 Å². The van der Waals surface area contributed by atoms with Gasteiger partial charge in [0.25, 0.3) is 0 Å². The fourth-order valence-corrected chi connectivity index (χ4v) is 2.34. The predicted octanol–water partition coefficient (Wildman–Crippen LogP) is 0.451. The van der Waals surface area contributed by atoms with Crippen LogP contribution in [0.4, 0.5) is 4.39 Å². The molecule has 140 valence electrons. The van der Waals surface area contributed by atoms with Crippen LogP contribution in [-0.4, -0.2) is 75.4 Å². The van der Waals surface area contributed by atoms with Crippen molar-refractivity contribution in [1.29, 1.82) is 0 Å². The van der Waals surface area contributed by atoms with E-state index in [0.29, 0.717) is 11.4 Å². The quantitative estimate of drug-likeness (QED) is 0.671. The summed E-state index contributed by atoms with van der Waals surface area (Å²) in [4.78, 5) is 20.5. The van der Waals surface area contributed by atoms with Crippen molar-refractivity contribution in [2.45, 2.75) is 0 Å². The normalized spacial score (nSPS) is 15.2. The SMILES string of the molecule is NN1CCN(CCO)CC1.O=C(O)c1cnc(-c2cccc(F)c2)nc1. The lowest BCUT2D eigenvalue weighted by atomic mass is 10.2. The lowest BCUT2D eigenvalue weighted by Gasteiger charge is -2.31. The van der Waals surface area contributed by atoms with Crippen LogP contribution < -0.4 is 5.84 Å². The van der Waals surface area contributed by atoms with Gasteiger partial charge in [-0.2, -0.15) is 0 Å². The number of benzene rings is 1. The molecular formula is C17H22FN5O3. The Labute approximate surface area is 150 Å². The summed E-state index contributed by atoms with van der Waals surface area (Å²) in [5.74, 6) is 4.36. The van der Waals surface area contributed by atoms with Crippen LogP contribution in [0.2, 0.25) is 0 Å². The summed E-state index contributed by atoms with van der Waals surface area (Å²) in [6.45, 7) is 4.84. The average molecular weight is 363 g/mol. The minimum Gasteiger partial charge on any atom is -0.478 e. The molecule has 3 rings (SSSR count). The van der Waals surface area contributed by atoms with Crippen LogP contribution in [0.15, 0.2) is 36.7 Å². The van der Waals surface area contributed by atoms with Crippen LogP contribution in [0.25, 0.3) is 11.4 Å². The van der Waals surface area contributed by atoms with Gasteiger partial charge in [-0.3, -0.25) is 10.7 Å². The van der Waals surface area contributed by atoms with E-state index in [1.165, 1.54) is 24.5 Å².